The minimum absolute atomic E-state index is 0.764. The minimum Gasteiger partial charge on any atom is -0.314 e. The van der Waals surface area contributed by atoms with E-state index >= 15 is 0 Å². The lowest BCUT2D eigenvalue weighted by Gasteiger charge is -2.42. The Morgan fingerprint density at radius 2 is 1.82 bits per heavy atom. The maximum atomic E-state index is 3.76. The van der Waals surface area contributed by atoms with Crippen molar-refractivity contribution in [1.29, 1.82) is 0 Å². The molecule has 1 rings (SSSR count). The highest BCUT2D eigenvalue weighted by Gasteiger charge is 2.34. The lowest BCUT2D eigenvalue weighted by molar-refractivity contribution is 0.105. The van der Waals surface area contributed by atoms with Gasteiger partial charge in [0.2, 0.25) is 0 Å². The van der Waals surface area contributed by atoms with Gasteiger partial charge in [-0.2, -0.15) is 0 Å². The number of hydrogen-bond donors (Lipinski definition) is 1. The first-order valence-electron chi connectivity index (χ1n) is 7.83. The van der Waals surface area contributed by atoms with Crippen LogP contribution in [-0.4, -0.2) is 12.6 Å². The van der Waals surface area contributed by atoms with Crippen molar-refractivity contribution in [2.75, 3.05) is 6.54 Å². The van der Waals surface area contributed by atoms with Crippen molar-refractivity contribution >= 4 is 0 Å². The lowest BCUT2D eigenvalue weighted by Crippen LogP contribution is -2.43. The van der Waals surface area contributed by atoms with Gasteiger partial charge < -0.3 is 5.32 Å². The smallest absolute Gasteiger partial charge is 0.00979 e. The molecule has 0 aromatic heterocycles. The summed E-state index contributed by atoms with van der Waals surface area (Å²) in [4.78, 5) is 0. The molecule has 1 aliphatic rings. The van der Waals surface area contributed by atoms with Gasteiger partial charge in [-0.15, -0.1) is 0 Å². The molecule has 0 saturated heterocycles. The van der Waals surface area contributed by atoms with Crippen LogP contribution in [0.2, 0.25) is 0 Å². The highest BCUT2D eigenvalue weighted by atomic mass is 14.9. The molecule has 0 aromatic rings. The minimum atomic E-state index is 0.764. The normalized spacial score (nSPS) is 31.8. The Morgan fingerprint density at radius 1 is 1.12 bits per heavy atom. The van der Waals surface area contributed by atoms with E-state index in [9.17, 15) is 0 Å². The maximum Gasteiger partial charge on any atom is 0.00979 e. The Kier molecular flexibility index (Phi) is 6.54. The zero-order valence-electron chi connectivity index (χ0n) is 12.6. The van der Waals surface area contributed by atoms with Crippen LogP contribution in [0, 0.1) is 23.7 Å². The number of hydrogen-bond acceptors (Lipinski definition) is 1. The van der Waals surface area contributed by atoms with Crippen LogP contribution in [0.25, 0.3) is 0 Å². The second-order valence-electron chi connectivity index (χ2n) is 6.44. The van der Waals surface area contributed by atoms with Crippen molar-refractivity contribution < 1.29 is 0 Å². The third-order valence-corrected chi connectivity index (χ3v) is 4.66. The van der Waals surface area contributed by atoms with Gasteiger partial charge in [0, 0.05) is 6.04 Å². The second-order valence-corrected chi connectivity index (χ2v) is 6.44. The Hall–Kier alpha value is -0.0400. The van der Waals surface area contributed by atoms with E-state index < -0.39 is 0 Å². The summed E-state index contributed by atoms with van der Waals surface area (Å²) in [7, 11) is 0. The molecule has 0 bridgehead atoms. The fraction of sp³-hybridized carbons (Fsp3) is 1.00. The molecule has 1 fully saturated rings. The fourth-order valence-corrected chi connectivity index (χ4v) is 3.78. The van der Waals surface area contributed by atoms with Crippen molar-refractivity contribution in [2.24, 2.45) is 23.7 Å². The lowest BCUT2D eigenvalue weighted by atomic mass is 9.66. The van der Waals surface area contributed by atoms with Crippen molar-refractivity contribution in [3.63, 3.8) is 0 Å². The molecule has 0 radical (unpaired) electrons. The molecule has 4 unspecified atom stereocenters. The summed E-state index contributed by atoms with van der Waals surface area (Å²) in [6.45, 7) is 13.0. The average Bonchev–Trinajstić information content (AvgIpc) is 2.28. The molecule has 1 nitrogen and oxygen atoms in total. The first kappa shape index (κ1) is 15.0. The van der Waals surface area contributed by atoms with Crippen LogP contribution in [0.4, 0.5) is 0 Å². The molecule has 0 spiro atoms. The van der Waals surface area contributed by atoms with E-state index in [1.807, 2.05) is 0 Å². The zero-order chi connectivity index (χ0) is 12.8. The molecule has 17 heavy (non-hydrogen) atoms. The molecule has 4 atom stereocenters. The summed E-state index contributed by atoms with van der Waals surface area (Å²) in [6, 6.07) is 0.764. The van der Waals surface area contributed by atoms with E-state index in [1.165, 1.54) is 32.1 Å². The SMILES string of the molecule is CCCC(NCC)C1CC(C)CCC1C(C)C. The van der Waals surface area contributed by atoms with E-state index in [0.29, 0.717) is 0 Å². The highest BCUT2D eigenvalue weighted by Crippen LogP contribution is 2.40. The van der Waals surface area contributed by atoms with Crippen molar-refractivity contribution in [1.82, 2.24) is 5.32 Å². The van der Waals surface area contributed by atoms with Gasteiger partial charge in [0.15, 0.2) is 0 Å². The van der Waals surface area contributed by atoms with Gasteiger partial charge in [-0.1, -0.05) is 47.5 Å². The molecule has 0 heterocycles. The first-order chi connectivity index (χ1) is 8.10. The van der Waals surface area contributed by atoms with Crippen molar-refractivity contribution in [2.45, 2.75) is 72.8 Å². The van der Waals surface area contributed by atoms with Crippen LogP contribution in [0.15, 0.2) is 0 Å². The monoisotopic (exact) mass is 239 g/mol. The van der Waals surface area contributed by atoms with E-state index in [1.54, 1.807) is 0 Å². The zero-order valence-corrected chi connectivity index (χ0v) is 12.6. The van der Waals surface area contributed by atoms with Gasteiger partial charge >= 0.3 is 0 Å². The Balaban J connectivity index is 2.70. The molecule has 0 aromatic carbocycles. The third kappa shape index (κ3) is 4.28. The van der Waals surface area contributed by atoms with Gasteiger partial charge in [-0.3, -0.25) is 0 Å². The van der Waals surface area contributed by atoms with E-state index in [0.717, 1.165) is 36.3 Å². The van der Waals surface area contributed by atoms with E-state index in [-0.39, 0.29) is 0 Å². The van der Waals surface area contributed by atoms with Crippen LogP contribution in [0.5, 0.6) is 0 Å². The summed E-state index contributed by atoms with van der Waals surface area (Å²) in [5.74, 6) is 3.65. The van der Waals surface area contributed by atoms with Gasteiger partial charge in [-0.25, -0.2) is 0 Å². The molecule has 0 amide bonds. The molecule has 102 valence electrons. The number of nitrogens with one attached hydrogen (secondary N) is 1. The third-order valence-electron chi connectivity index (χ3n) is 4.66. The van der Waals surface area contributed by atoms with Crippen molar-refractivity contribution in [3.05, 3.63) is 0 Å². The first-order valence-corrected chi connectivity index (χ1v) is 7.83. The molecule has 1 aliphatic carbocycles. The van der Waals surface area contributed by atoms with Crippen LogP contribution in [-0.2, 0) is 0 Å². The maximum absolute atomic E-state index is 3.76. The Labute approximate surface area is 109 Å². The summed E-state index contributed by atoms with van der Waals surface area (Å²) < 4.78 is 0. The molecular formula is C16H33N. The molecule has 0 aliphatic heterocycles. The summed E-state index contributed by atoms with van der Waals surface area (Å²) in [5, 5.41) is 3.76. The van der Waals surface area contributed by atoms with Gasteiger partial charge in [0.25, 0.3) is 0 Å². The van der Waals surface area contributed by atoms with Crippen LogP contribution >= 0.6 is 0 Å². The fourth-order valence-electron chi connectivity index (χ4n) is 3.78. The van der Waals surface area contributed by atoms with Gasteiger partial charge in [-0.05, 0) is 49.5 Å². The van der Waals surface area contributed by atoms with E-state index in [4.69, 9.17) is 0 Å². The average molecular weight is 239 g/mol. The van der Waals surface area contributed by atoms with Crippen LogP contribution in [0.1, 0.15) is 66.7 Å². The largest absolute Gasteiger partial charge is 0.314 e. The molecule has 1 saturated carbocycles. The summed E-state index contributed by atoms with van der Waals surface area (Å²) >= 11 is 0. The van der Waals surface area contributed by atoms with E-state index in [2.05, 4.69) is 39.9 Å². The Bertz CT molecular complexity index is 194. The predicted molar refractivity (Wildman–Crippen MR) is 77.2 cm³/mol. The topological polar surface area (TPSA) is 12.0 Å². The van der Waals surface area contributed by atoms with Crippen LogP contribution in [0.3, 0.4) is 0 Å². The predicted octanol–water partition coefficient (Wildman–Crippen LogP) is 4.47. The molecule has 1 heteroatoms. The Morgan fingerprint density at radius 3 is 2.35 bits per heavy atom. The molecule has 1 N–H and O–H groups in total. The number of rotatable bonds is 6. The summed E-state index contributed by atoms with van der Waals surface area (Å²) in [6.07, 6.45) is 7.02. The highest BCUT2D eigenvalue weighted by molar-refractivity contribution is 4.88. The quantitative estimate of drug-likeness (QED) is 0.721. The standard InChI is InChI=1S/C16H33N/c1-6-8-16(17-7-2)15-11-13(5)9-10-14(15)12(3)4/h12-17H,6-11H2,1-5H3. The van der Waals surface area contributed by atoms with Gasteiger partial charge in [0.05, 0.1) is 0 Å². The molecular weight excluding hydrogens is 206 g/mol. The van der Waals surface area contributed by atoms with Gasteiger partial charge in [0.1, 0.15) is 0 Å². The second kappa shape index (κ2) is 7.41. The summed E-state index contributed by atoms with van der Waals surface area (Å²) in [5.41, 5.74) is 0. The van der Waals surface area contributed by atoms with Crippen molar-refractivity contribution in [3.8, 4) is 0 Å². The van der Waals surface area contributed by atoms with Crippen LogP contribution < -0.4 is 5.32 Å².